The van der Waals surface area contributed by atoms with E-state index in [4.69, 9.17) is 4.74 Å². The minimum atomic E-state index is -0.349. The maximum Gasteiger partial charge on any atom is 0.326 e. The summed E-state index contributed by atoms with van der Waals surface area (Å²) in [7, 11) is 1.66. The molecule has 0 aliphatic rings. The summed E-state index contributed by atoms with van der Waals surface area (Å²) in [6.07, 6.45) is 1.63. The van der Waals surface area contributed by atoms with Crippen LogP contribution in [-0.2, 0) is 0 Å². The van der Waals surface area contributed by atoms with Gasteiger partial charge in [0.2, 0.25) is 0 Å². The van der Waals surface area contributed by atoms with Crippen LogP contribution in [0, 0.1) is 5.92 Å². The number of aromatic amines is 1. The number of hydrogen-bond acceptors (Lipinski definition) is 4. The molecule has 2 heterocycles. The molecule has 0 saturated heterocycles. The number of H-pyrrole nitrogens is 1. The molecule has 0 bridgehead atoms. The van der Waals surface area contributed by atoms with E-state index in [0.29, 0.717) is 17.9 Å². The highest BCUT2D eigenvalue weighted by molar-refractivity contribution is 6.03. The summed E-state index contributed by atoms with van der Waals surface area (Å²) in [5, 5.41) is 3.98. The molecule has 0 fully saturated rings. The van der Waals surface area contributed by atoms with E-state index in [9.17, 15) is 9.59 Å². The topological polar surface area (TPSA) is 87.3 Å². The Labute approximate surface area is 230 Å². The van der Waals surface area contributed by atoms with Crippen LogP contribution in [0.25, 0.3) is 22.2 Å². The van der Waals surface area contributed by atoms with Crippen LogP contribution in [0.15, 0.2) is 65.6 Å². The minimum Gasteiger partial charge on any atom is -0.497 e. The first kappa shape index (κ1) is 27.9. The van der Waals surface area contributed by atoms with Crippen LogP contribution in [0.3, 0.4) is 0 Å². The second-order valence-electron chi connectivity index (χ2n) is 10.9. The van der Waals surface area contributed by atoms with Crippen LogP contribution in [0.1, 0.15) is 64.5 Å². The van der Waals surface area contributed by atoms with Gasteiger partial charge in [0.05, 0.1) is 7.11 Å². The van der Waals surface area contributed by atoms with E-state index in [2.05, 4.69) is 61.2 Å². The molecule has 4 rings (SSSR count). The third kappa shape index (κ3) is 6.14. The van der Waals surface area contributed by atoms with Crippen LogP contribution < -0.4 is 20.5 Å². The van der Waals surface area contributed by atoms with Gasteiger partial charge in [0.15, 0.2) is 0 Å². The van der Waals surface area contributed by atoms with Crippen molar-refractivity contribution < 1.29 is 9.53 Å². The fourth-order valence-corrected chi connectivity index (χ4v) is 4.77. The molecule has 0 spiro atoms. The SMILES string of the molecule is COc1cccc(-c2cc(C(C)C)c(NC(=O)N(CC(C)C)c3cc4cccnc4[nH]c3=O)c(C(C)C)c2)c1. The van der Waals surface area contributed by atoms with Crippen molar-refractivity contribution in [3.8, 4) is 16.9 Å². The van der Waals surface area contributed by atoms with Crippen molar-refractivity contribution in [3.05, 3.63) is 82.3 Å². The Kier molecular flexibility index (Phi) is 8.38. The van der Waals surface area contributed by atoms with Gasteiger partial charge in [-0.2, -0.15) is 0 Å². The van der Waals surface area contributed by atoms with Crippen LogP contribution in [0.2, 0.25) is 0 Å². The molecule has 39 heavy (non-hydrogen) atoms. The summed E-state index contributed by atoms with van der Waals surface area (Å²) in [4.78, 5) is 35.7. The van der Waals surface area contributed by atoms with Gasteiger partial charge in [-0.1, -0.05) is 53.7 Å². The second kappa shape index (κ2) is 11.7. The highest BCUT2D eigenvalue weighted by Gasteiger charge is 2.25. The van der Waals surface area contributed by atoms with Gasteiger partial charge in [-0.05, 0) is 82.5 Å². The molecule has 4 aromatic rings. The molecule has 2 amide bonds. The van der Waals surface area contributed by atoms with Crippen molar-refractivity contribution in [1.82, 2.24) is 9.97 Å². The largest absolute Gasteiger partial charge is 0.497 e. The van der Waals surface area contributed by atoms with Crippen LogP contribution in [-0.4, -0.2) is 29.7 Å². The van der Waals surface area contributed by atoms with Gasteiger partial charge in [0.1, 0.15) is 17.1 Å². The summed E-state index contributed by atoms with van der Waals surface area (Å²) in [6.45, 7) is 12.9. The maximum atomic E-state index is 14.0. The number of pyridine rings is 2. The van der Waals surface area contributed by atoms with Crippen molar-refractivity contribution in [2.45, 2.75) is 53.4 Å². The average Bonchev–Trinajstić information content (AvgIpc) is 2.91. The Balaban J connectivity index is 1.81. The van der Waals surface area contributed by atoms with Gasteiger partial charge < -0.3 is 15.0 Å². The monoisotopic (exact) mass is 526 g/mol. The standard InChI is InChI=1S/C32H38N4O3/c1-19(2)18-36(28-17-23-11-9-13-33-30(23)35-31(28)37)32(38)34-29-26(20(3)4)15-24(16-27(29)21(5)6)22-10-8-12-25(14-22)39-7/h8-17,19-21H,18H2,1-7H3,(H,34,38)(H,33,35,37). The molecule has 0 saturated carbocycles. The third-order valence-corrected chi connectivity index (χ3v) is 6.76. The molecule has 2 aromatic carbocycles. The zero-order valence-electron chi connectivity index (χ0n) is 23.8. The number of hydrogen-bond donors (Lipinski definition) is 2. The number of rotatable bonds is 8. The summed E-state index contributed by atoms with van der Waals surface area (Å²) in [5.74, 6) is 1.24. The Morgan fingerprint density at radius 1 is 0.949 bits per heavy atom. The number of methoxy groups -OCH3 is 1. The molecule has 0 aliphatic carbocycles. The molecule has 7 heteroatoms. The summed E-state index contributed by atoms with van der Waals surface area (Å²) >= 11 is 0. The van der Waals surface area contributed by atoms with E-state index in [1.54, 1.807) is 24.3 Å². The van der Waals surface area contributed by atoms with Crippen molar-refractivity contribution in [3.63, 3.8) is 0 Å². The molecule has 0 unspecified atom stereocenters. The number of fused-ring (bicyclic) bond motifs is 1. The molecule has 204 valence electrons. The normalized spacial score (nSPS) is 11.4. The second-order valence-corrected chi connectivity index (χ2v) is 10.9. The lowest BCUT2D eigenvalue weighted by Crippen LogP contribution is -2.41. The third-order valence-electron chi connectivity index (χ3n) is 6.76. The van der Waals surface area contributed by atoms with Gasteiger partial charge in [0.25, 0.3) is 5.56 Å². The quantitative estimate of drug-likeness (QED) is 0.248. The van der Waals surface area contributed by atoms with Gasteiger partial charge in [-0.25, -0.2) is 9.78 Å². The number of aromatic nitrogens is 2. The van der Waals surface area contributed by atoms with Gasteiger partial charge >= 0.3 is 6.03 Å². The molecule has 7 nitrogen and oxygen atoms in total. The Hall–Kier alpha value is -4.13. The number of carbonyl (C=O) groups is 1. The first-order valence-corrected chi connectivity index (χ1v) is 13.5. The van der Waals surface area contributed by atoms with E-state index >= 15 is 0 Å². The number of amides is 2. The van der Waals surface area contributed by atoms with Crippen molar-refractivity contribution in [2.24, 2.45) is 5.92 Å². The van der Waals surface area contributed by atoms with E-state index in [0.717, 1.165) is 39.1 Å². The predicted molar refractivity (Wildman–Crippen MR) is 160 cm³/mol. The number of ether oxygens (including phenoxy) is 1. The first-order valence-electron chi connectivity index (χ1n) is 13.5. The maximum absolute atomic E-state index is 14.0. The van der Waals surface area contributed by atoms with Gasteiger partial charge in [-0.15, -0.1) is 0 Å². The number of anilines is 2. The number of nitrogens with zero attached hydrogens (tertiary/aromatic N) is 2. The summed E-state index contributed by atoms with van der Waals surface area (Å²) < 4.78 is 5.45. The molecule has 0 radical (unpaired) electrons. The molecule has 0 aliphatic heterocycles. The predicted octanol–water partition coefficient (Wildman–Crippen LogP) is 7.54. The van der Waals surface area contributed by atoms with E-state index in [1.807, 2.05) is 44.2 Å². The van der Waals surface area contributed by atoms with Crippen molar-refractivity contribution in [2.75, 3.05) is 23.9 Å². The fourth-order valence-electron chi connectivity index (χ4n) is 4.77. The molecule has 2 aromatic heterocycles. The Morgan fingerprint density at radius 2 is 1.64 bits per heavy atom. The average molecular weight is 527 g/mol. The van der Waals surface area contributed by atoms with Crippen LogP contribution >= 0.6 is 0 Å². The highest BCUT2D eigenvalue weighted by Crippen LogP contribution is 2.38. The lowest BCUT2D eigenvalue weighted by atomic mass is 9.88. The van der Waals surface area contributed by atoms with Gasteiger partial charge in [0, 0.05) is 23.8 Å². The fraction of sp³-hybridized carbons (Fsp3) is 0.344. The molecular formula is C32H38N4O3. The smallest absolute Gasteiger partial charge is 0.326 e. The number of nitrogens with one attached hydrogen (secondary N) is 2. The van der Waals surface area contributed by atoms with Crippen molar-refractivity contribution in [1.29, 1.82) is 0 Å². The Morgan fingerprint density at radius 3 is 2.26 bits per heavy atom. The van der Waals surface area contributed by atoms with Crippen LogP contribution in [0.5, 0.6) is 5.75 Å². The van der Waals surface area contributed by atoms with E-state index in [-0.39, 0.29) is 29.3 Å². The number of carbonyl (C=O) groups excluding carboxylic acids is 1. The summed E-state index contributed by atoms with van der Waals surface area (Å²) in [5.41, 5.74) is 5.43. The Bertz CT molecular complexity index is 1510. The molecule has 2 N–H and O–H groups in total. The number of urea groups is 1. The van der Waals surface area contributed by atoms with Crippen LogP contribution in [0.4, 0.5) is 16.2 Å². The highest BCUT2D eigenvalue weighted by atomic mass is 16.5. The molecular weight excluding hydrogens is 488 g/mol. The van der Waals surface area contributed by atoms with Crippen molar-refractivity contribution >= 4 is 28.4 Å². The van der Waals surface area contributed by atoms with Gasteiger partial charge in [-0.3, -0.25) is 9.69 Å². The minimum absolute atomic E-state index is 0.143. The lowest BCUT2D eigenvalue weighted by molar-refractivity contribution is 0.256. The zero-order chi connectivity index (χ0) is 28.3. The lowest BCUT2D eigenvalue weighted by Gasteiger charge is -2.27. The van der Waals surface area contributed by atoms with E-state index in [1.165, 1.54) is 0 Å². The first-order chi connectivity index (χ1) is 18.6. The number of benzene rings is 2. The summed E-state index contributed by atoms with van der Waals surface area (Å²) in [6, 6.07) is 17.4. The molecule has 0 atom stereocenters. The van der Waals surface area contributed by atoms with E-state index < -0.39 is 0 Å². The zero-order valence-corrected chi connectivity index (χ0v) is 23.8.